The van der Waals surface area contributed by atoms with Gasteiger partial charge in [0.25, 0.3) is 11.9 Å². The Balaban J connectivity index is 1.49. The van der Waals surface area contributed by atoms with Crippen LogP contribution in [0.25, 0.3) is 16.2 Å². The quantitative estimate of drug-likeness (QED) is 0.510. The Kier molecular flexibility index (Phi) is 5.02. The number of fused-ring (bicyclic) bond motifs is 1. The van der Waals surface area contributed by atoms with Crippen LogP contribution in [0.5, 0.6) is 5.75 Å². The average Bonchev–Trinajstić information content (AvgIpc) is 3.24. The molecule has 0 spiro atoms. The molecule has 0 aliphatic carbocycles. The third-order valence-corrected chi connectivity index (χ3v) is 5.23. The zero-order chi connectivity index (χ0) is 19.7. The van der Waals surface area contributed by atoms with Gasteiger partial charge in [-0.25, -0.2) is 4.52 Å². The lowest BCUT2D eigenvalue weighted by atomic mass is 10.1. The van der Waals surface area contributed by atoms with Crippen LogP contribution in [0, 0.1) is 6.92 Å². The number of nitrogens with one attached hydrogen (secondary N) is 1. The van der Waals surface area contributed by atoms with E-state index in [1.54, 1.807) is 35.7 Å². The number of hydrogen-bond donors (Lipinski definition) is 1. The molecule has 2 aromatic heterocycles. The lowest BCUT2D eigenvalue weighted by Crippen LogP contribution is -2.30. The fraction of sp³-hybridized carbons (Fsp3) is 0.150. The summed E-state index contributed by atoms with van der Waals surface area (Å²) in [7, 11) is 0. The van der Waals surface area contributed by atoms with Crippen LogP contribution in [0.15, 0.2) is 53.9 Å². The number of carbonyl (C=O) groups excluding carboxylic acids is 1. The molecule has 0 aliphatic heterocycles. The van der Waals surface area contributed by atoms with Crippen LogP contribution in [-0.4, -0.2) is 26.6 Å². The van der Waals surface area contributed by atoms with Crippen molar-refractivity contribution in [1.82, 2.24) is 14.6 Å². The van der Waals surface area contributed by atoms with E-state index < -0.39 is 6.10 Å². The van der Waals surface area contributed by atoms with Crippen molar-refractivity contribution >= 4 is 39.8 Å². The van der Waals surface area contributed by atoms with Crippen LogP contribution in [0.3, 0.4) is 0 Å². The highest BCUT2D eigenvalue weighted by atomic mass is 35.5. The van der Waals surface area contributed by atoms with Gasteiger partial charge in [0, 0.05) is 16.0 Å². The van der Waals surface area contributed by atoms with Gasteiger partial charge in [-0.3, -0.25) is 10.1 Å². The maximum Gasteiger partial charge on any atom is 0.267 e. The fourth-order valence-electron chi connectivity index (χ4n) is 2.64. The Morgan fingerprint density at radius 2 is 1.89 bits per heavy atom. The van der Waals surface area contributed by atoms with Crippen molar-refractivity contribution in [2.75, 3.05) is 5.32 Å². The lowest BCUT2D eigenvalue weighted by molar-refractivity contribution is -0.122. The number of nitrogens with zero attached hydrogens (tertiary/aromatic N) is 3. The largest absolute Gasteiger partial charge is 0.481 e. The topological polar surface area (TPSA) is 68.5 Å². The van der Waals surface area contributed by atoms with Crippen molar-refractivity contribution in [1.29, 1.82) is 0 Å². The maximum atomic E-state index is 12.4. The van der Waals surface area contributed by atoms with E-state index in [4.69, 9.17) is 16.3 Å². The number of rotatable bonds is 5. The molecule has 8 heteroatoms. The van der Waals surface area contributed by atoms with Crippen LogP contribution in [-0.2, 0) is 4.79 Å². The van der Waals surface area contributed by atoms with Crippen molar-refractivity contribution in [2.24, 2.45) is 0 Å². The molecular formula is C20H17ClN4O2S. The summed E-state index contributed by atoms with van der Waals surface area (Å²) >= 11 is 7.33. The van der Waals surface area contributed by atoms with Gasteiger partial charge in [0.2, 0.25) is 4.96 Å². The molecule has 1 N–H and O–H groups in total. The lowest BCUT2D eigenvalue weighted by Gasteiger charge is -2.13. The van der Waals surface area contributed by atoms with Crippen LogP contribution in [0.4, 0.5) is 5.95 Å². The number of ether oxygens (including phenoxy) is 1. The monoisotopic (exact) mass is 412 g/mol. The third kappa shape index (κ3) is 3.85. The highest BCUT2D eigenvalue weighted by Gasteiger charge is 2.18. The zero-order valence-electron chi connectivity index (χ0n) is 15.2. The van der Waals surface area contributed by atoms with Crippen LogP contribution in [0.1, 0.15) is 12.5 Å². The average molecular weight is 413 g/mol. The molecule has 1 amide bonds. The molecule has 2 heterocycles. The van der Waals surface area contributed by atoms with E-state index in [2.05, 4.69) is 15.4 Å². The molecule has 0 saturated heterocycles. The molecule has 0 aliphatic rings. The number of aryl methyl sites for hydroxylation is 1. The molecule has 4 rings (SSSR count). The normalized spacial score (nSPS) is 12.1. The number of carbonyl (C=O) groups is 1. The van der Waals surface area contributed by atoms with Crippen molar-refractivity contribution in [3.8, 4) is 17.0 Å². The van der Waals surface area contributed by atoms with E-state index in [-0.39, 0.29) is 11.9 Å². The predicted octanol–water partition coefficient (Wildman–Crippen LogP) is 4.83. The van der Waals surface area contributed by atoms with Crippen molar-refractivity contribution < 1.29 is 9.53 Å². The number of aromatic nitrogens is 3. The molecule has 28 heavy (non-hydrogen) atoms. The summed E-state index contributed by atoms with van der Waals surface area (Å²) in [5.74, 6) is 0.481. The van der Waals surface area contributed by atoms with Gasteiger partial charge in [-0.2, -0.15) is 4.98 Å². The summed E-state index contributed by atoms with van der Waals surface area (Å²) in [6.07, 6.45) is -0.709. The Bertz CT molecular complexity index is 1120. The van der Waals surface area contributed by atoms with Crippen molar-refractivity contribution in [3.63, 3.8) is 0 Å². The second-order valence-corrected chi connectivity index (χ2v) is 7.59. The minimum atomic E-state index is -0.709. The first kappa shape index (κ1) is 18.5. The number of benzene rings is 2. The number of thiazole rings is 1. The first-order valence-corrected chi connectivity index (χ1v) is 9.90. The Labute approximate surface area is 170 Å². The van der Waals surface area contributed by atoms with Gasteiger partial charge in [0.05, 0.1) is 5.69 Å². The molecule has 0 saturated carbocycles. The zero-order valence-corrected chi connectivity index (χ0v) is 16.8. The minimum Gasteiger partial charge on any atom is -0.481 e. The fourth-order valence-corrected chi connectivity index (χ4v) is 3.60. The third-order valence-electron chi connectivity index (χ3n) is 4.16. The molecule has 2 aromatic carbocycles. The predicted molar refractivity (Wildman–Crippen MR) is 111 cm³/mol. The molecule has 0 fully saturated rings. The highest BCUT2D eigenvalue weighted by molar-refractivity contribution is 7.15. The van der Waals surface area contributed by atoms with Crippen LogP contribution < -0.4 is 10.1 Å². The molecule has 0 bridgehead atoms. The summed E-state index contributed by atoms with van der Waals surface area (Å²) < 4.78 is 7.36. The molecule has 1 atom stereocenters. The van der Waals surface area contributed by atoms with E-state index in [9.17, 15) is 4.79 Å². The van der Waals surface area contributed by atoms with E-state index in [0.29, 0.717) is 15.7 Å². The summed E-state index contributed by atoms with van der Waals surface area (Å²) in [6.45, 7) is 3.71. The summed E-state index contributed by atoms with van der Waals surface area (Å²) in [6, 6.07) is 15.0. The van der Waals surface area contributed by atoms with Gasteiger partial charge in [-0.15, -0.1) is 16.4 Å². The Morgan fingerprint density at radius 1 is 1.18 bits per heavy atom. The number of amides is 1. The first-order valence-electron chi connectivity index (χ1n) is 8.64. The Morgan fingerprint density at radius 3 is 2.61 bits per heavy atom. The van der Waals surface area contributed by atoms with Gasteiger partial charge in [0.1, 0.15) is 5.75 Å². The van der Waals surface area contributed by atoms with E-state index in [1.807, 2.05) is 36.6 Å². The smallest absolute Gasteiger partial charge is 0.267 e. The van der Waals surface area contributed by atoms with Gasteiger partial charge in [-0.05, 0) is 38.1 Å². The summed E-state index contributed by atoms with van der Waals surface area (Å²) in [4.78, 5) is 17.5. The van der Waals surface area contributed by atoms with Crippen molar-refractivity contribution in [3.05, 3.63) is 64.5 Å². The van der Waals surface area contributed by atoms with Gasteiger partial charge in [0.15, 0.2) is 6.10 Å². The van der Waals surface area contributed by atoms with Gasteiger partial charge < -0.3 is 4.74 Å². The number of halogens is 1. The number of anilines is 1. The molecule has 1 unspecified atom stereocenters. The second kappa shape index (κ2) is 7.61. The standard InChI is InChI=1S/C20H17ClN4O2S/c1-12-3-5-14(6-4-12)17-11-28-20-23-19(24-25(17)20)22-18(26)13(2)27-16-9-7-15(21)8-10-16/h3-11,13H,1-2H3,(H,22,24,26). The summed E-state index contributed by atoms with van der Waals surface area (Å²) in [5, 5.41) is 9.74. The Hall–Kier alpha value is -2.90. The number of hydrogen-bond acceptors (Lipinski definition) is 5. The van der Waals surface area contributed by atoms with Gasteiger partial charge in [-0.1, -0.05) is 41.4 Å². The molecular weight excluding hydrogens is 396 g/mol. The second-order valence-electron chi connectivity index (χ2n) is 6.32. The molecule has 4 aromatic rings. The van der Waals surface area contributed by atoms with E-state index in [1.165, 1.54) is 16.9 Å². The minimum absolute atomic E-state index is 0.247. The van der Waals surface area contributed by atoms with Crippen LogP contribution >= 0.6 is 22.9 Å². The first-order chi connectivity index (χ1) is 13.5. The van der Waals surface area contributed by atoms with E-state index in [0.717, 1.165) is 11.3 Å². The van der Waals surface area contributed by atoms with E-state index >= 15 is 0 Å². The SMILES string of the molecule is Cc1ccc(-c2csc3nc(NC(=O)C(C)Oc4ccc(Cl)cc4)nn23)cc1. The van der Waals surface area contributed by atoms with Crippen molar-refractivity contribution in [2.45, 2.75) is 20.0 Å². The van der Waals surface area contributed by atoms with Gasteiger partial charge >= 0.3 is 0 Å². The summed E-state index contributed by atoms with van der Waals surface area (Å²) in [5.41, 5.74) is 3.16. The molecule has 6 nitrogen and oxygen atoms in total. The molecule has 142 valence electrons. The molecule has 0 radical (unpaired) electrons. The highest BCUT2D eigenvalue weighted by Crippen LogP contribution is 2.26. The maximum absolute atomic E-state index is 12.4. The van der Waals surface area contributed by atoms with Crippen LogP contribution in [0.2, 0.25) is 5.02 Å².